The van der Waals surface area contributed by atoms with E-state index in [1.807, 2.05) is 24.3 Å². The van der Waals surface area contributed by atoms with E-state index in [-0.39, 0.29) is 5.91 Å². The van der Waals surface area contributed by atoms with Gasteiger partial charge in [-0.15, -0.1) is 0 Å². The van der Waals surface area contributed by atoms with E-state index < -0.39 is 36.1 Å². The molecule has 160 valence electrons. The Morgan fingerprint density at radius 3 is 2.52 bits per heavy atom. The predicted octanol–water partition coefficient (Wildman–Crippen LogP) is 1.97. The number of esters is 1. The zero-order chi connectivity index (χ0) is 22.2. The maximum atomic E-state index is 12.9. The molecule has 4 amide bonds. The number of nitrogens with one attached hydrogen (secondary N) is 1. The zero-order valence-corrected chi connectivity index (χ0v) is 17.3. The minimum Gasteiger partial charge on any atom is -0.451 e. The van der Waals surface area contributed by atoms with Crippen LogP contribution in [-0.4, -0.2) is 47.9 Å². The van der Waals surface area contributed by atoms with Gasteiger partial charge in [-0.25, -0.2) is 4.79 Å². The second kappa shape index (κ2) is 7.86. The molecule has 0 unspecified atom stereocenters. The summed E-state index contributed by atoms with van der Waals surface area (Å²) in [6.07, 6.45) is -0.303. The van der Waals surface area contributed by atoms with Gasteiger partial charge in [0, 0.05) is 12.2 Å². The number of hydrogen-bond donors (Lipinski definition) is 1. The van der Waals surface area contributed by atoms with Crippen LogP contribution in [0.4, 0.5) is 10.5 Å². The quantitative estimate of drug-likeness (QED) is 0.588. The topological polar surface area (TPSA) is 96.0 Å². The first-order valence-corrected chi connectivity index (χ1v) is 10.1. The smallest absolute Gasteiger partial charge is 0.327 e. The Hall–Kier alpha value is -3.68. The molecule has 2 heterocycles. The van der Waals surface area contributed by atoms with Crippen molar-refractivity contribution >= 4 is 29.5 Å². The Labute approximate surface area is 179 Å². The van der Waals surface area contributed by atoms with Gasteiger partial charge < -0.3 is 15.0 Å². The molecule has 0 spiro atoms. The number of fused-ring (bicyclic) bond motifs is 1. The fraction of sp³-hybridized carbons (Fsp3) is 0.304. The summed E-state index contributed by atoms with van der Waals surface area (Å²) in [7, 11) is 0. The molecule has 2 aliphatic rings. The Morgan fingerprint density at radius 2 is 1.77 bits per heavy atom. The molecule has 8 heteroatoms. The molecular formula is C23H23N3O5. The van der Waals surface area contributed by atoms with Gasteiger partial charge in [0.15, 0.2) is 6.10 Å². The lowest BCUT2D eigenvalue weighted by Gasteiger charge is -2.23. The van der Waals surface area contributed by atoms with Crippen molar-refractivity contribution in [3.63, 3.8) is 0 Å². The van der Waals surface area contributed by atoms with Gasteiger partial charge in [0.1, 0.15) is 12.1 Å². The van der Waals surface area contributed by atoms with Crippen molar-refractivity contribution in [2.45, 2.75) is 31.9 Å². The van der Waals surface area contributed by atoms with Gasteiger partial charge in [-0.05, 0) is 37.5 Å². The van der Waals surface area contributed by atoms with Crippen LogP contribution in [0.25, 0.3) is 0 Å². The zero-order valence-electron chi connectivity index (χ0n) is 17.3. The largest absolute Gasteiger partial charge is 0.451 e. The number of imide groups is 1. The van der Waals surface area contributed by atoms with Crippen LogP contribution in [0.3, 0.4) is 0 Å². The lowest BCUT2D eigenvalue weighted by Crippen LogP contribution is -2.43. The molecule has 1 fully saturated rings. The molecule has 1 saturated heterocycles. The Balaban J connectivity index is 1.40. The predicted molar refractivity (Wildman–Crippen MR) is 112 cm³/mol. The standard InChI is InChI=1S/C23H23N3O5/c1-15(20(28)25-13-12-16-8-6-7-11-18(16)25)31-19(27)14-26-21(29)23(2,24-22(26)30)17-9-4-3-5-10-17/h3-11,15H,12-14H2,1-2H3,(H,24,30)/t15-,23-/m0/s1. The molecule has 8 nitrogen and oxygen atoms in total. The molecule has 0 saturated carbocycles. The third-order valence-electron chi connectivity index (χ3n) is 5.72. The number of anilines is 1. The van der Waals surface area contributed by atoms with E-state index in [2.05, 4.69) is 5.32 Å². The summed E-state index contributed by atoms with van der Waals surface area (Å²) in [5.41, 5.74) is 1.22. The molecule has 2 aliphatic heterocycles. The van der Waals surface area contributed by atoms with E-state index >= 15 is 0 Å². The van der Waals surface area contributed by atoms with Gasteiger partial charge in [0.25, 0.3) is 11.8 Å². The summed E-state index contributed by atoms with van der Waals surface area (Å²) in [6, 6.07) is 15.7. The normalized spacial score (nSPS) is 21.0. The molecule has 31 heavy (non-hydrogen) atoms. The molecule has 4 rings (SSSR count). The molecule has 0 radical (unpaired) electrons. The van der Waals surface area contributed by atoms with Crippen molar-refractivity contribution in [3.8, 4) is 0 Å². The van der Waals surface area contributed by atoms with Crippen molar-refractivity contribution in [2.24, 2.45) is 0 Å². The highest BCUT2D eigenvalue weighted by Gasteiger charge is 2.49. The number of nitrogens with zero attached hydrogens (tertiary/aromatic N) is 2. The molecule has 0 aromatic heterocycles. The van der Waals surface area contributed by atoms with Crippen LogP contribution in [0.2, 0.25) is 0 Å². The molecular weight excluding hydrogens is 398 g/mol. The maximum absolute atomic E-state index is 12.9. The van der Waals surface area contributed by atoms with E-state index in [1.165, 1.54) is 6.92 Å². The van der Waals surface area contributed by atoms with Crippen LogP contribution in [0.15, 0.2) is 54.6 Å². The van der Waals surface area contributed by atoms with E-state index in [0.717, 1.165) is 22.6 Å². The van der Waals surface area contributed by atoms with Gasteiger partial charge in [-0.1, -0.05) is 48.5 Å². The van der Waals surface area contributed by atoms with Gasteiger partial charge in [-0.3, -0.25) is 19.3 Å². The molecule has 0 bridgehead atoms. The summed E-state index contributed by atoms with van der Waals surface area (Å²) in [5.74, 6) is -1.72. The van der Waals surface area contributed by atoms with Crippen molar-refractivity contribution in [1.82, 2.24) is 10.2 Å². The first-order valence-electron chi connectivity index (χ1n) is 10.1. The highest BCUT2D eigenvalue weighted by atomic mass is 16.5. The van der Waals surface area contributed by atoms with Crippen molar-refractivity contribution in [1.29, 1.82) is 0 Å². The number of urea groups is 1. The summed E-state index contributed by atoms with van der Waals surface area (Å²) in [6.45, 7) is 3.02. The van der Waals surface area contributed by atoms with Crippen molar-refractivity contribution in [3.05, 3.63) is 65.7 Å². The second-order valence-corrected chi connectivity index (χ2v) is 7.81. The SMILES string of the molecule is C[C@H](OC(=O)CN1C(=O)N[C@@](C)(c2ccccc2)C1=O)C(=O)N1CCc2ccccc21. The number of hydrogen-bond acceptors (Lipinski definition) is 5. The molecule has 2 aromatic carbocycles. The van der Waals surface area contributed by atoms with Crippen LogP contribution in [0.5, 0.6) is 0 Å². The summed E-state index contributed by atoms with van der Waals surface area (Å²) in [4.78, 5) is 52.9. The minimum atomic E-state index is -1.26. The molecule has 2 atom stereocenters. The second-order valence-electron chi connectivity index (χ2n) is 7.81. The average Bonchev–Trinajstić information content (AvgIpc) is 3.29. The highest BCUT2D eigenvalue weighted by molar-refractivity contribution is 6.09. The van der Waals surface area contributed by atoms with Crippen LogP contribution in [-0.2, 0) is 31.1 Å². The lowest BCUT2D eigenvalue weighted by atomic mass is 9.92. The van der Waals surface area contributed by atoms with E-state index in [9.17, 15) is 19.2 Å². The Bertz CT molecular complexity index is 1050. The first-order chi connectivity index (χ1) is 14.8. The number of amides is 4. The maximum Gasteiger partial charge on any atom is 0.327 e. The summed E-state index contributed by atoms with van der Waals surface area (Å²) in [5, 5.41) is 2.64. The Morgan fingerprint density at radius 1 is 1.10 bits per heavy atom. The van der Waals surface area contributed by atoms with Gasteiger partial charge in [-0.2, -0.15) is 0 Å². The fourth-order valence-electron chi connectivity index (χ4n) is 4.01. The number of rotatable bonds is 5. The molecule has 1 N–H and O–H groups in total. The van der Waals surface area contributed by atoms with Crippen LogP contribution < -0.4 is 10.2 Å². The number of para-hydroxylation sites is 1. The third-order valence-corrected chi connectivity index (χ3v) is 5.72. The van der Waals surface area contributed by atoms with Crippen LogP contribution in [0, 0.1) is 0 Å². The van der Waals surface area contributed by atoms with Gasteiger partial charge >= 0.3 is 12.0 Å². The Kier molecular flexibility index (Phi) is 5.22. The summed E-state index contributed by atoms with van der Waals surface area (Å²) >= 11 is 0. The lowest BCUT2D eigenvalue weighted by molar-refractivity contribution is -0.155. The number of carbonyl (C=O) groups is 4. The van der Waals surface area contributed by atoms with Crippen molar-refractivity contribution in [2.75, 3.05) is 18.0 Å². The highest BCUT2D eigenvalue weighted by Crippen LogP contribution is 2.29. The van der Waals surface area contributed by atoms with E-state index in [4.69, 9.17) is 4.74 Å². The summed E-state index contributed by atoms with van der Waals surface area (Å²) < 4.78 is 5.27. The van der Waals surface area contributed by atoms with Gasteiger partial charge in [0.05, 0.1) is 0 Å². The first kappa shape index (κ1) is 20.6. The third kappa shape index (κ3) is 3.65. The van der Waals surface area contributed by atoms with Crippen LogP contribution >= 0.6 is 0 Å². The average molecular weight is 421 g/mol. The monoisotopic (exact) mass is 421 g/mol. The molecule has 2 aromatic rings. The fourth-order valence-corrected chi connectivity index (χ4v) is 4.01. The van der Waals surface area contributed by atoms with Crippen molar-refractivity contribution < 1.29 is 23.9 Å². The minimum absolute atomic E-state index is 0.343. The number of ether oxygens (including phenoxy) is 1. The van der Waals surface area contributed by atoms with Gasteiger partial charge in [0.2, 0.25) is 0 Å². The molecule has 0 aliphatic carbocycles. The van der Waals surface area contributed by atoms with E-state index in [0.29, 0.717) is 12.1 Å². The van der Waals surface area contributed by atoms with Crippen LogP contribution in [0.1, 0.15) is 25.0 Å². The number of benzene rings is 2. The van der Waals surface area contributed by atoms with E-state index in [1.54, 1.807) is 42.2 Å². The number of carbonyl (C=O) groups excluding carboxylic acids is 4.